The largest absolute Gasteiger partial charge is 0.339 e. The van der Waals surface area contributed by atoms with Gasteiger partial charge in [-0.1, -0.05) is 47.1 Å². The SMILES string of the molecule is O=C(CCc1cccc(Cl)c1)Nc1ccccc1Cc1nc(C2CC2)no1. The molecule has 1 aliphatic carbocycles. The minimum absolute atomic E-state index is 0.0355. The summed E-state index contributed by atoms with van der Waals surface area (Å²) in [5.41, 5.74) is 2.78. The highest BCUT2D eigenvalue weighted by molar-refractivity contribution is 6.30. The number of halogens is 1. The van der Waals surface area contributed by atoms with Gasteiger partial charge in [-0.25, -0.2) is 0 Å². The summed E-state index contributed by atoms with van der Waals surface area (Å²) in [6, 6.07) is 15.3. The van der Waals surface area contributed by atoms with E-state index in [1.807, 2.05) is 48.5 Å². The highest BCUT2D eigenvalue weighted by Gasteiger charge is 2.28. The molecule has 0 aliphatic heterocycles. The summed E-state index contributed by atoms with van der Waals surface area (Å²) in [7, 11) is 0. The van der Waals surface area contributed by atoms with Crippen LogP contribution in [0.3, 0.4) is 0 Å². The Kier molecular flexibility index (Phi) is 5.21. The van der Waals surface area contributed by atoms with Crippen LogP contribution in [0.2, 0.25) is 5.02 Å². The number of amides is 1. The number of aryl methyl sites for hydroxylation is 1. The van der Waals surface area contributed by atoms with Gasteiger partial charge in [0.05, 0.1) is 6.42 Å². The molecule has 0 bridgehead atoms. The molecule has 1 amide bonds. The first-order valence-electron chi connectivity index (χ1n) is 9.12. The summed E-state index contributed by atoms with van der Waals surface area (Å²) in [5.74, 6) is 1.81. The molecule has 1 aliphatic rings. The van der Waals surface area contributed by atoms with E-state index in [1.165, 1.54) is 0 Å². The van der Waals surface area contributed by atoms with E-state index in [0.717, 1.165) is 35.5 Å². The predicted octanol–water partition coefficient (Wildman–Crippen LogP) is 4.76. The Hall–Kier alpha value is -2.66. The first-order valence-corrected chi connectivity index (χ1v) is 9.50. The molecule has 138 valence electrons. The normalized spacial score (nSPS) is 13.5. The van der Waals surface area contributed by atoms with E-state index >= 15 is 0 Å². The fraction of sp³-hybridized carbons (Fsp3) is 0.286. The van der Waals surface area contributed by atoms with Crippen LogP contribution in [-0.4, -0.2) is 16.0 Å². The number of hydrogen-bond donors (Lipinski definition) is 1. The second-order valence-corrected chi connectivity index (χ2v) is 7.27. The van der Waals surface area contributed by atoms with Crippen molar-refractivity contribution in [3.05, 3.63) is 76.4 Å². The van der Waals surface area contributed by atoms with Crippen LogP contribution in [-0.2, 0) is 17.6 Å². The smallest absolute Gasteiger partial charge is 0.231 e. The van der Waals surface area contributed by atoms with E-state index < -0.39 is 0 Å². The summed E-state index contributed by atoms with van der Waals surface area (Å²) in [4.78, 5) is 16.9. The van der Waals surface area contributed by atoms with E-state index in [1.54, 1.807) is 0 Å². The molecule has 0 saturated heterocycles. The molecule has 1 saturated carbocycles. The molecule has 0 unspecified atom stereocenters. The molecular weight excluding hydrogens is 362 g/mol. The van der Waals surface area contributed by atoms with E-state index in [2.05, 4.69) is 15.5 Å². The maximum absolute atomic E-state index is 12.4. The molecule has 2 aromatic carbocycles. The number of anilines is 1. The van der Waals surface area contributed by atoms with E-state index in [9.17, 15) is 4.79 Å². The lowest BCUT2D eigenvalue weighted by Gasteiger charge is -2.10. The monoisotopic (exact) mass is 381 g/mol. The second-order valence-electron chi connectivity index (χ2n) is 6.83. The number of benzene rings is 2. The number of hydrogen-bond acceptors (Lipinski definition) is 4. The molecule has 1 fully saturated rings. The Bertz CT molecular complexity index is 950. The zero-order valence-corrected chi connectivity index (χ0v) is 15.6. The molecule has 0 radical (unpaired) electrons. The quantitative estimate of drug-likeness (QED) is 0.640. The molecule has 3 aromatic rings. The maximum atomic E-state index is 12.4. The van der Waals surface area contributed by atoms with Gasteiger partial charge in [-0.3, -0.25) is 4.79 Å². The number of carbonyl (C=O) groups is 1. The Morgan fingerprint density at radius 2 is 2.04 bits per heavy atom. The van der Waals surface area contributed by atoms with Crippen LogP contribution in [0.15, 0.2) is 53.1 Å². The molecular formula is C21H20ClN3O2. The predicted molar refractivity (Wildman–Crippen MR) is 104 cm³/mol. The number of nitrogens with one attached hydrogen (secondary N) is 1. The number of para-hydroxylation sites is 1. The van der Waals surface area contributed by atoms with Crippen molar-refractivity contribution in [1.82, 2.24) is 10.1 Å². The lowest BCUT2D eigenvalue weighted by Crippen LogP contribution is -2.14. The first kappa shape index (κ1) is 17.7. The van der Waals surface area contributed by atoms with Gasteiger partial charge in [0, 0.05) is 23.0 Å². The molecule has 0 spiro atoms. The minimum atomic E-state index is -0.0355. The Labute approximate surface area is 162 Å². The van der Waals surface area contributed by atoms with Gasteiger partial charge in [-0.2, -0.15) is 4.98 Å². The molecule has 1 heterocycles. The van der Waals surface area contributed by atoms with Gasteiger partial charge >= 0.3 is 0 Å². The summed E-state index contributed by atoms with van der Waals surface area (Å²) in [6.45, 7) is 0. The van der Waals surface area contributed by atoms with E-state index in [4.69, 9.17) is 16.1 Å². The van der Waals surface area contributed by atoms with E-state index in [0.29, 0.717) is 36.1 Å². The highest BCUT2D eigenvalue weighted by atomic mass is 35.5. The number of rotatable bonds is 7. The average molecular weight is 382 g/mol. The van der Waals surface area contributed by atoms with Crippen LogP contribution in [0.25, 0.3) is 0 Å². The highest BCUT2D eigenvalue weighted by Crippen LogP contribution is 2.38. The molecule has 1 N–H and O–H groups in total. The van der Waals surface area contributed by atoms with Crippen molar-refractivity contribution in [2.24, 2.45) is 0 Å². The van der Waals surface area contributed by atoms with Gasteiger partial charge in [0.15, 0.2) is 5.82 Å². The summed E-state index contributed by atoms with van der Waals surface area (Å²) in [5, 5.41) is 7.73. The molecule has 6 heteroatoms. The fourth-order valence-electron chi connectivity index (χ4n) is 2.97. The van der Waals surface area contributed by atoms with Crippen LogP contribution in [0.1, 0.15) is 48.0 Å². The van der Waals surface area contributed by atoms with E-state index in [-0.39, 0.29) is 5.91 Å². The number of carbonyl (C=O) groups excluding carboxylic acids is 1. The van der Waals surface area contributed by atoms with Crippen LogP contribution in [0.5, 0.6) is 0 Å². The second kappa shape index (κ2) is 7.92. The van der Waals surface area contributed by atoms with Gasteiger partial charge in [0.25, 0.3) is 0 Å². The Balaban J connectivity index is 1.38. The Morgan fingerprint density at radius 3 is 2.85 bits per heavy atom. The van der Waals surface area contributed by atoms with Crippen molar-refractivity contribution < 1.29 is 9.32 Å². The van der Waals surface area contributed by atoms with Crippen LogP contribution >= 0.6 is 11.6 Å². The van der Waals surface area contributed by atoms with Gasteiger partial charge < -0.3 is 9.84 Å². The maximum Gasteiger partial charge on any atom is 0.231 e. The summed E-state index contributed by atoms with van der Waals surface area (Å²) in [6.07, 6.45) is 3.81. The summed E-state index contributed by atoms with van der Waals surface area (Å²) < 4.78 is 5.36. The van der Waals surface area contributed by atoms with Crippen LogP contribution in [0.4, 0.5) is 5.69 Å². The third kappa shape index (κ3) is 4.74. The van der Waals surface area contributed by atoms with Crippen molar-refractivity contribution in [3.63, 3.8) is 0 Å². The standard InChI is InChI=1S/C21H20ClN3O2/c22-17-6-3-4-14(12-17)8-11-19(26)23-18-7-2-1-5-16(18)13-20-24-21(25-27-20)15-9-10-15/h1-7,12,15H,8-11,13H2,(H,23,26). The minimum Gasteiger partial charge on any atom is -0.339 e. The zero-order chi connectivity index (χ0) is 18.6. The molecule has 0 atom stereocenters. The first-order chi connectivity index (χ1) is 13.2. The third-order valence-corrected chi connectivity index (χ3v) is 4.82. The fourth-order valence-corrected chi connectivity index (χ4v) is 3.18. The van der Waals surface area contributed by atoms with Crippen LogP contribution in [0, 0.1) is 0 Å². The summed E-state index contributed by atoms with van der Waals surface area (Å²) >= 11 is 5.99. The van der Waals surface area contributed by atoms with Crippen molar-refractivity contribution in [2.75, 3.05) is 5.32 Å². The molecule has 1 aromatic heterocycles. The topological polar surface area (TPSA) is 68.0 Å². The van der Waals surface area contributed by atoms with Gasteiger partial charge in [0.1, 0.15) is 0 Å². The molecule has 27 heavy (non-hydrogen) atoms. The van der Waals surface area contributed by atoms with Crippen molar-refractivity contribution in [3.8, 4) is 0 Å². The van der Waals surface area contributed by atoms with Crippen molar-refractivity contribution >= 4 is 23.2 Å². The van der Waals surface area contributed by atoms with Gasteiger partial charge in [-0.05, 0) is 48.6 Å². The number of nitrogens with zero attached hydrogens (tertiary/aromatic N) is 2. The van der Waals surface area contributed by atoms with Crippen LogP contribution < -0.4 is 5.32 Å². The van der Waals surface area contributed by atoms with Gasteiger partial charge in [-0.15, -0.1) is 0 Å². The van der Waals surface area contributed by atoms with Crippen molar-refractivity contribution in [2.45, 2.75) is 38.0 Å². The number of aromatic nitrogens is 2. The lowest BCUT2D eigenvalue weighted by atomic mass is 10.1. The van der Waals surface area contributed by atoms with Gasteiger partial charge in [0.2, 0.25) is 11.8 Å². The average Bonchev–Trinajstić information content (AvgIpc) is 3.41. The lowest BCUT2D eigenvalue weighted by molar-refractivity contribution is -0.116. The molecule has 5 nitrogen and oxygen atoms in total. The third-order valence-electron chi connectivity index (χ3n) is 4.59. The Morgan fingerprint density at radius 1 is 1.19 bits per heavy atom. The zero-order valence-electron chi connectivity index (χ0n) is 14.8. The van der Waals surface area contributed by atoms with Crippen molar-refractivity contribution in [1.29, 1.82) is 0 Å². The molecule has 4 rings (SSSR count).